The van der Waals surface area contributed by atoms with Gasteiger partial charge in [0, 0.05) is 11.9 Å². The fraction of sp³-hybridized carbons (Fsp3) is 0.143. The molecule has 0 fully saturated rings. The summed E-state index contributed by atoms with van der Waals surface area (Å²) in [6, 6.07) is 12.6. The number of nitrogens with one attached hydrogen (secondary N) is 1. The van der Waals surface area contributed by atoms with Gasteiger partial charge in [-0.05, 0) is 36.8 Å². The van der Waals surface area contributed by atoms with Gasteiger partial charge < -0.3 is 11.1 Å². The third-order valence-electron chi connectivity index (χ3n) is 2.66. The molecule has 1 heterocycles. The minimum atomic E-state index is -0.189. The number of anilines is 1. The van der Waals surface area contributed by atoms with E-state index in [1.54, 1.807) is 24.4 Å². The number of nitrogens with zero attached hydrogens (tertiary/aromatic N) is 1. The highest BCUT2D eigenvalue weighted by Gasteiger charge is 2.11. The maximum Gasteiger partial charge on any atom is 0.270 e. The summed E-state index contributed by atoms with van der Waals surface area (Å²) in [6.07, 6.45) is 1.60. The summed E-state index contributed by atoms with van der Waals surface area (Å²) in [5, 5.41) is 2.88. The predicted octanol–water partition coefficient (Wildman–Crippen LogP) is 2.15. The Kier molecular flexibility index (Phi) is 3.57. The van der Waals surface area contributed by atoms with Gasteiger partial charge in [-0.15, -0.1) is 0 Å². The summed E-state index contributed by atoms with van der Waals surface area (Å²) in [5.74, 6) is -0.189. The lowest BCUT2D eigenvalue weighted by Gasteiger charge is -2.14. The molecular weight excluding hydrogens is 226 g/mol. The summed E-state index contributed by atoms with van der Waals surface area (Å²) in [4.78, 5) is 15.9. The second-order valence-electron chi connectivity index (χ2n) is 4.08. The van der Waals surface area contributed by atoms with Crippen LogP contribution in [0.15, 0.2) is 48.7 Å². The highest BCUT2D eigenvalue weighted by Crippen LogP contribution is 2.15. The van der Waals surface area contributed by atoms with Crippen LogP contribution >= 0.6 is 0 Å². The van der Waals surface area contributed by atoms with Gasteiger partial charge in [0.15, 0.2) is 0 Å². The van der Waals surface area contributed by atoms with Crippen LogP contribution in [-0.4, -0.2) is 10.9 Å². The molecule has 1 atom stereocenters. The van der Waals surface area contributed by atoms with Gasteiger partial charge in [-0.2, -0.15) is 0 Å². The lowest BCUT2D eigenvalue weighted by molar-refractivity contribution is 0.0935. The van der Waals surface area contributed by atoms with Crippen LogP contribution in [0.4, 0.5) is 5.69 Å². The highest BCUT2D eigenvalue weighted by molar-refractivity contribution is 5.92. The molecule has 1 aromatic heterocycles. The zero-order valence-corrected chi connectivity index (χ0v) is 10.1. The van der Waals surface area contributed by atoms with Crippen molar-refractivity contribution >= 4 is 11.6 Å². The molecule has 4 nitrogen and oxygen atoms in total. The van der Waals surface area contributed by atoms with E-state index in [0.29, 0.717) is 11.4 Å². The Labute approximate surface area is 106 Å². The van der Waals surface area contributed by atoms with Crippen molar-refractivity contribution < 1.29 is 4.79 Å². The lowest BCUT2D eigenvalue weighted by atomic mass is 10.1. The number of pyridine rings is 1. The number of hydrogen-bond acceptors (Lipinski definition) is 3. The predicted molar refractivity (Wildman–Crippen MR) is 71.0 cm³/mol. The molecule has 4 heteroatoms. The minimum Gasteiger partial charge on any atom is -0.399 e. The molecule has 1 aromatic carbocycles. The summed E-state index contributed by atoms with van der Waals surface area (Å²) in [5.41, 5.74) is 7.78. The number of carbonyl (C=O) groups excluding carboxylic acids is 1. The molecule has 0 radical (unpaired) electrons. The first-order chi connectivity index (χ1) is 8.66. The van der Waals surface area contributed by atoms with E-state index in [1.807, 2.05) is 31.2 Å². The van der Waals surface area contributed by atoms with E-state index in [4.69, 9.17) is 5.73 Å². The van der Waals surface area contributed by atoms with Crippen LogP contribution in [-0.2, 0) is 0 Å². The van der Waals surface area contributed by atoms with Crippen LogP contribution in [0, 0.1) is 0 Å². The first-order valence-electron chi connectivity index (χ1n) is 5.74. The van der Waals surface area contributed by atoms with Crippen molar-refractivity contribution in [3.63, 3.8) is 0 Å². The molecule has 18 heavy (non-hydrogen) atoms. The Morgan fingerprint density at radius 3 is 2.78 bits per heavy atom. The fourth-order valence-electron chi connectivity index (χ4n) is 1.68. The summed E-state index contributed by atoms with van der Waals surface area (Å²) < 4.78 is 0. The number of amides is 1. The summed E-state index contributed by atoms with van der Waals surface area (Å²) in [6.45, 7) is 1.91. The van der Waals surface area contributed by atoms with E-state index >= 15 is 0 Å². The van der Waals surface area contributed by atoms with Gasteiger partial charge in [0.2, 0.25) is 0 Å². The van der Waals surface area contributed by atoms with Crippen LogP contribution < -0.4 is 11.1 Å². The van der Waals surface area contributed by atoms with Crippen molar-refractivity contribution in [2.75, 3.05) is 5.73 Å². The second-order valence-corrected chi connectivity index (χ2v) is 4.08. The Morgan fingerprint density at radius 1 is 1.28 bits per heavy atom. The topological polar surface area (TPSA) is 68.0 Å². The van der Waals surface area contributed by atoms with Crippen LogP contribution in [0.3, 0.4) is 0 Å². The standard InChI is InChI=1S/C14H15N3O/c1-10(11-5-4-6-12(15)9-11)17-14(18)13-7-2-3-8-16-13/h2-10H,15H2,1H3,(H,17,18). The normalized spacial score (nSPS) is 11.8. The highest BCUT2D eigenvalue weighted by atomic mass is 16.1. The molecule has 0 saturated heterocycles. The van der Waals surface area contributed by atoms with Crippen molar-refractivity contribution in [1.29, 1.82) is 0 Å². The Balaban J connectivity index is 2.08. The number of hydrogen-bond donors (Lipinski definition) is 2. The molecule has 0 aliphatic carbocycles. The Morgan fingerprint density at radius 2 is 2.11 bits per heavy atom. The van der Waals surface area contributed by atoms with Crippen molar-refractivity contribution in [2.45, 2.75) is 13.0 Å². The van der Waals surface area contributed by atoms with Gasteiger partial charge in [0.05, 0.1) is 6.04 Å². The van der Waals surface area contributed by atoms with Crippen LogP contribution in [0.2, 0.25) is 0 Å². The average Bonchev–Trinajstić information content (AvgIpc) is 2.39. The molecule has 92 valence electrons. The average molecular weight is 241 g/mol. The number of rotatable bonds is 3. The Hall–Kier alpha value is -2.36. The van der Waals surface area contributed by atoms with Crippen LogP contribution in [0.25, 0.3) is 0 Å². The van der Waals surface area contributed by atoms with E-state index in [9.17, 15) is 4.79 Å². The molecule has 0 saturated carbocycles. The first kappa shape index (κ1) is 12.1. The molecule has 0 aliphatic heterocycles. The molecule has 2 aromatic rings. The maximum absolute atomic E-state index is 11.9. The largest absolute Gasteiger partial charge is 0.399 e. The maximum atomic E-state index is 11.9. The summed E-state index contributed by atoms with van der Waals surface area (Å²) >= 11 is 0. The van der Waals surface area contributed by atoms with Crippen molar-refractivity contribution in [3.05, 3.63) is 59.9 Å². The molecular formula is C14H15N3O. The van der Waals surface area contributed by atoms with E-state index in [1.165, 1.54) is 0 Å². The van der Waals surface area contributed by atoms with Crippen molar-refractivity contribution in [3.8, 4) is 0 Å². The van der Waals surface area contributed by atoms with E-state index in [0.717, 1.165) is 5.56 Å². The summed E-state index contributed by atoms with van der Waals surface area (Å²) in [7, 11) is 0. The molecule has 1 amide bonds. The smallest absolute Gasteiger partial charge is 0.270 e. The number of benzene rings is 1. The molecule has 1 unspecified atom stereocenters. The van der Waals surface area contributed by atoms with Gasteiger partial charge >= 0.3 is 0 Å². The van der Waals surface area contributed by atoms with Gasteiger partial charge in [-0.3, -0.25) is 9.78 Å². The number of carbonyl (C=O) groups is 1. The number of aromatic nitrogens is 1. The SMILES string of the molecule is CC(NC(=O)c1ccccn1)c1cccc(N)c1. The van der Waals surface area contributed by atoms with Gasteiger partial charge in [-0.25, -0.2) is 0 Å². The molecule has 2 rings (SSSR count). The molecule has 3 N–H and O–H groups in total. The third-order valence-corrected chi connectivity index (χ3v) is 2.66. The van der Waals surface area contributed by atoms with Crippen LogP contribution in [0.1, 0.15) is 29.0 Å². The van der Waals surface area contributed by atoms with Gasteiger partial charge in [0.25, 0.3) is 5.91 Å². The molecule has 0 spiro atoms. The molecule has 0 aliphatic rings. The van der Waals surface area contributed by atoms with Gasteiger partial charge in [0.1, 0.15) is 5.69 Å². The zero-order chi connectivity index (χ0) is 13.0. The van der Waals surface area contributed by atoms with E-state index in [2.05, 4.69) is 10.3 Å². The molecule has 0 bridgehead atoms. The van der Waals surface area contributed by atoms with E-state index < -0.39 is 0 Å². The third kappa shape index (κ3) is 2.85. The zero-order valence-electron chi connectivity index (χ0n) is 10.1. The minimum absolute atomic E-state index is 0.108. The van der Waals surface area contributed by atoms with E-state index in [-0.39, 0.29) is 11.9 Å². The number of nitrogens with two attached hydrogens (primary N) is 1. The first-order valence-corrected chi connectivity index (χ1v) is 5.74. The fourth-order valence-corrected chi connectivity index (χ4v) is 1.68. The second kappa shape index (κ2) is 5.31. The van der Waals surface area contributed by atoms with Crippen molar-refractivity contribution in [1.82, 2.24) is 10.3 Å². The number of nitrogen functional groups attached to an aromatic ring is 1. The quantitative estimate of drug-likeness (QED) is 0.809. The van der Waals surface area contributed by atoms with Crippen LogP contribution in [0.5, 0.6) is 0 Å². The van der Waals surface area contributed by atoms with Crippen molar-refractivity contribution in [2.24, 2.45) is 0 Å². The monoisotopic (exact) mass is 241 g/mol. The lowest BCUT2D eigenvalue weighted by Crippen LogP contribution is -2.27. The Bertz CT molecular complexity index is 540. The van der Waals surface area contributed by atoms with Gasteiger partial charge in [-0.1, -0.05) is 18.2 Å².